The number of aliphatic hydroxyl groups excluding tert-OH is 1. The van der Waals surface area contributed by atoms with Crippen molar-refractivity contribution in [2.45, 2.75) is 36.7 Å². The molecule has 0 bridgehead atoms. The lowest BCUT2D eigenvalue weighted by Gasteiger charge is -2.30. The maximum atomic E-state index is 12.8. The molecule has 1 aromatic rings. The molecule has 0 amide bonds. The van der Waals surface area contributed by atoms with E-state index in [1.165, 1.54) is 4.31 Å². The second-order valence-electron chi connectivity index (χ2n) is 5.45. The molecule has 2 aliphatic rings. The topological polar surface area (TPSA) is 69.6 Å². The van der Waals surface area contributed by atoms with Gasteiger partial charge in [0.15, 0.2) is 0 Å². The number of aliphatic hydroxyl groups is 1. The third-order valence-corrected chi connectivity index (χ3v) is 6.08. The Morgan fingerprint density at radius 3 is 2.75 bits per heavy atom. The number of nitrogens with zero attached hydrogens (tertiary/aromatic N) is 1. The maximum absolute atomic E-state index is 12.8. The van der Waals surface area contributed by atoms with Crippen LogP contribution in [-0.2, 0) is 16.4 Å². The molecule has 3 rings (SSSR count). The zero-order chi connectivity index (χ0) is 14.2. The van der Waals surface area contributed by atoms with Gasteiger partial charge in [0.2, 0.25) is 10.0 Å². The lowest BCUT2D eigenvalue weighted by atomic mass is 10.0. The molecule has 0 aromatic heterocycles. The molecule has 1 fully saturated rings. The zero-order valence-corrected chi connectivity index (χ0v) is 12.2. The standard InChI is InChI=1S/C14H20N2O3S/c17-11-6-9-16(10-7-11)20(18,19)14-5-1-4-13-12(14)3-2-8-15-13/h1,4-5,11,15,17H,2-3,6-10H2. The number of fused-ring (bicyclic) bond motifs is 1. The van der Waals surface area contributed by atoms with Gasteiger partial charge in [0.25, 0.3) is 0 Å². The third-order valence-electron chi connectivity index (χ3n) is 4.09. The molecule has 0 unspecified atom stereocenters. The highest BCUT2D eigenvalue weighted by Crippen LogP contribution is 2.31. The number of hydrogen-bond acceptors (Lipinski definition) is 4. The maximum Gasteiger partial charge on any atom is 0.243 e. The first-order chi connectivity index (χ1) is 9.59. The minimum absolute atomic E-state index is 0.368. The zero-order valence-electron chi connectivity index (χ0n) is 11.4. The van der Waals surface area contributed by atoms with Gasteiger partial charge < -0.3 is 10.4 Å². The molecule has 5 nitrogen and oxygen atoms in total. The Hall–Kier alpha value is -1.11. The third kappa shape index (κ3) is 2.43. The van der Waals surface area contributed by atoms with E-state index >= 15 is 0 Å². The van der Waals surface area contributed by atoms with Crippen molar-refractivity contribution in [1.29, 1.82) is 0 Å². The smallest absolute Gasteiger partial charge is 0.243 e. The minimum Gasteiger partial charge on any atom is -0.393 e. The van der Waals surface area contributed by atoms with Crippen LogP contribution >= 0.6 is 0 Å². The molecule has 0 atom stereocenters. The summed E-state index contributed by atoms with van der Waals surface area (Å²) in [6.07, 6.45) is 2.43. The summed E-state index contributed by atoms with van der Waals surface area (Å²) in [6.45, 7) is 1.70. The van der Waals surface area contributed by atoms with Gasteiger partial charge in [-0.2, -0.15) is 4.31 Å². The Balaban J connectivity index is 1.95. The molecule has 110 valence electrons. The number of benzene rings is 1. The predicted molar refractivity (Wildman–Crippen MR) is 77.3 cm³/mol. The predicted octanol–water partition coefficient (Wildman–Crippen LogP) is 1.19. The molecule has 6 heteroatoms. The van der Waals surface area contributed by atoms with E-state index in [9.17, 15) is 13.5 Å². The van der Waals surface area contributed by atoms with Crippen molar-refractivity contribution in [1.82, 2.24) is 4.31 Å². The SMILES string of the molecule is O=S(=O)(c1cccc2c1CCCN2)N1CCC(O)CC1. The van der Waals surface area contributed by atoms with Crippen molar-refractivity contribution in [2.24, 2.45) is 0 Å². The van der Waals surface area contributed by atoms with Crippen molar-refractivity contribution in [2.75, 3.05) is 25.0 Å². The number of hydrogen-bond donors (Lipinski definition) is 2. The summed E-state index contributed by atoms with van der Waals surface area (Å²) < 4.78 is 27.1. The fraction of sp³-hybridized carbons (Fsp3) is 0.571. The quantitative estimate of drug-likeness (QED) is 0.860. The lowest BCUT2D eigenvalue weighted by molar-refractivity contribution is 0.113. The van der Waals surface area contributed by atoms with Gasteiger partial charge in [-0.25, -0.2) is 8.42 Å². The molecule has 0 aliphatic carbocycles. The van der Waals surface area contributed by atoms with E-state index in [1.54, 1.807) is 12.1 Å². The second kappa shape index (κ2) is 5.35. The Labute approximate surface area is 119 Å². The summed E-state index contributed by atoms with van der Waals surface area (Å²) in [5.74, 6) is 0. The highest BCUT2D eigenvalue weighted by Gasteiger charge is 2.31. The van der Waals surface area contributed by atoms with E-state index in [1.807, 2.05) is 6.07 Å². The molecule has 20 heavy (non-hydrogen) atoms. The molecular weight excluding hydrogens is 276 g/mol. The van der Waals surface area contributed by atoms with Crippen LogP contribution in [0.1, 0.15) is 24.8 Å². The van der Waals surface area contributed by atoms with E-state index in [4.69, 9.17) is 0 Å². The Bertz CT molecular complexity index is 592. The largest absolute Gasteiger partial charge is 0.393 e. The molecular formula is C14H20N2O3S. The first-order valence-electron chi connectivity index (χ1n) is 7.13. The monoisotopic (exact) mass is 296 g/mol. The summed E-state index contributed by atoms with van der Waals surface area (Å²) >= 11 is 0. The minimum atomic E-state index is -3.44. The van der Waals surface area contributed by atoms with Gasteiger partial charge in [-0.05, 0) is 43.4 Å². The lowest BCUT2D eigenvalue weighted by Crippen LogP contribution is -2.40. The van der Waals surface area contributed by atoms with Crippen molar-refractivity contribution < 1.29 is 13.5 Å². The second-order valence-corrected chi connectivity index (χ2v) is 7.35. The van der Waals surface area contributed by atoms with Crippen LogP contribution in [0.4, 0.5) is 5.69 Å². The molecule has 1 saturated heterocycles. The average Bonchev–Trinajstić information content (AvgIpc) is 2.47. The molecule has 0 saturated carbocycles. The number of anilines is 1. The van der Waals surface area contributed by atoms with Crippen LogP contribution in [0.5, 0.6) is 0 Å². The van der Waals surface area contributed by atoms with E-state index in [2.05, 4.69) is 5.32 Å². The van der Waals surface area contributed by atoms with Gasteiger partial charge in [-0.1, -0.05) is 6.07 Å². The molecule has 0 radical (unpaired) electrons. The van der Waals surface area contributed by atoms with Gasteiger partial charge in [-0.3, -0.25) is 0 Å². The van der Waals surface area contributed by atoms with Crippen molar-refractivity contribution in [3.05, 3.63) is 23.8 Å². The summed E-state index contributed by atoms with van der Waals surface area (Å²) in [7, 11) is -3.44. The molecule has 1 aromatic carbocycles. The molecule has 2 aliphatic heterocycles. The van der Waals surface area contributed by atoms with Crippen molar-refractivity contribution in [3.8, 4) is 0 Å². The summed E-state index contributed by atoms with van der Waals surface area (Å²) in [6, 6.07) is 5.43. The van der Waals surface area contributed by atoms with Crippen LogP contribution in [-0.4, -0.2) is 43.6 Å². The van der Waals surface area contributed by atoms with E-state index in [0.29, 0.717) is 30.8 Å². The number of nitrogens with one attached hydrogen (secondary N) is 1. The number of rotatable bonds is 2. The van der Waals surface area contributed by atoms with Crippen molar-refractivity contribution in [3.63, 3.8) is 0 Å². The van der Waals surface area contributed by atoms with Gasteiger partial charge in [0, 0.05) is 25.3 Å². The van der Waals surface area contributed by atoms with Gasteiger partial charge in [0.1, 0.15) is 0 Å². The first kappa shape index (κ1) is 13.9. The number of piperidine rings is 1. The van der Waals surface area contributed by atoms with Gasteiger partial charge >= 0.3 is 0 Å². The molecule has 2 N–H and O–H groups in total. The van der Waals surface area contributed by atoms with Crippen LogP contribution in [0.3, 0.4) is 0 Å². The highest BCUT2D eigenvalue weighted by atomic mass is 32.2. The van der Waals surface area contributed by atoms with Crippen molar-refractivity contribution >= 4 is 15.7 Å². The Morgan fingerprint density at radius 1 is 1.25 bits per heavy atom. The van der Waals surface area contributed by atoms with E-state index in [-0.39, 0.29) is 6.10 Å². The fourth-order valence-corrected chi connectivity index (χ4v) is 4.68. The first-order valence-corrected chi connectivity index (χ1v) is 8.57. The van der Waals surface area contributed by atoms with E-state index < -0.39 is 10.0 Å². The number of sulfonamides is 1. The van der Waals surface area contributed by atoms with Crippen LogP contribution in [0.25, 0.3) is 0 Å². The molecule has 0 spiro atoms. The van der Waals surface area contributed by atoms with Crippen LogP contribution in [0.2, 0.25) is 0 Å². The van der Waals surface area contributed by atoms with Gasteiger partial charge in [-0.15, -0.1) is 0 Å². The summed E-state index contributed by atoms with van der Waals surface area (Å²) in [4.78, 5) is 0.429. The summed E-state index contributed by atoms with van der Waals surface area (Å²) in [5.41, 5.74) is 1.85. The summed E-state index contributed by atoms with van der Waals surface area (Å²) in [5, 5.41) is 12.8. The fourth-order valence-electron chi connectivity index (χ4n) is 2.94. The van der Waals surface area contributed by atoms with E-state index in [0.717, 1.165) is 30.6 Å². The normalized spacial score (nSPS) is 21.2. The highest BCUT2D eigenvalue weighted by molar-refractivity contribution is 7.89. The Kier molecular flexibility index (Phi) is 3.70. The van der Waals surface area contributed by atoms with Crippen LogP contribution in [0.15, 0.2) is 23.1 Å². The average molecular weight is 296 g/mol. The van der Waals surface area contributed by atoms with Crippen LogP contribution < -0.4 is 5.32 Å². The Morgan fingerprint density at radius 2 is 2.00 bits per heavy atom. The molecule has 2 heterocycles. The van der Waals surface area contributed by atoms with Gasteiger partial charge in [0.05, 0.1) is 11.0 Å². The van der Waals surface area contributed by atoms with Crippen LogP contribution in [0, 0.1) is 0 Å².